The van der Waals surface area contributed by atoms with Crippen molar-refractivity contribution in [2.45, 2.75) is 6.54 Å². The first kappa shape index (κ1) is 15.6. The van der Waals surface area contributed by atoms with Crippen LogP contribution < -0.4 is 15.4 Å². The monoisotopic (exact) mass is 405 g/mol. The molecule has 1 aliphatic heterocycles. The van der Waals surface area contributed by atoms with E-state index < -0.39 is 0 Å². The molecule has 7 heteroatoms. The number of ether oxygens (including phenoxy) is 1. The summed E-state index contributed by atoms with van der Waals surface area (Å²) in [7, 11) is 1.91. The molecule has 1 saturated heterocycles. The van der Waals surface area contributed by atoms with Crippen molar-refractivity contribution in [2.24, 2.45) is 0 Å². The van der Waals surface area contributed by atoms with Gasteiger partial charge in [-0.05, 0) is 56.6 Å². The van der Waals surface area contributed by atoms with E-state index in [2.05, 4.69) is 42.5 Å². The Bertz CT molecular complexity index is 473. The lowest BCUT2D eigenvalue weighted by Gasteiger charge is -2.16. The maximum absolute atomic E-state index is 11.4. The molecule has 0 radical (unpaired) electrons. The molecule has 2 N–H and O–H groups in total. The summed E-state index contributed by atoms with van der Waals surface area (Å²) < 4.78 is 7.59. The van der Waals surface area contributed by atoms with Gasteiger partial charge >= 0.3 is 6.03 Å². The summed E-state index contributed by atoms with van der Waals surface area (Å²) >= 11 is 7.04. The second-order valence-corrected chi connectivity index (χ2v) is 6.20. The van der Waals surface area contributed by atoms with Crippen LogP contribution in [0.3, 0.4) is 0 Å². The average Bonchev–Trinajstić information content (AvgIpc) is 2.79. The molecule has 1 aromatic carbocycles. The van der Waals surface area contributed by atoms with Crippen LogP contribution in [0.25, 0.3) is 0 Å². The van der Waals surface area contributed by atoms with Crippen molar-refractivity contribution in [2.75, 3.05) is 33.3 Å². The third-order valence-electron chi connectivity index (χ3n) is 2.99. The lowest BCUT2D eigenvalue weighted by Crippen LogP contribution is -2.31. The minimum absolute atomic E-state index is 0.0175. The van der Waals surface area contributed by atoms with Crippen LogP contribution in [-0.2, 0) is 6.54 Å². The van der Waals surface area contributed by atoms with Crippen molar-refractivity contribution in [1.82, 2.24) is 15.5 Å². The van der Waals surface area contributed by atoms with Gasteiger partial charge in [0.1, 0.15) is 12.4 Å². The number of hydrogen-bond donors (Lipinski definition) is 2. The van der Waals surface area contributed by atoms with E-state index in [1.807, 2.05) is 19.2 Å². The molecule has 1 fully saturated rings. The fourth-order valence-corrected chi connectivity index (χ4v) is 3.55. The Morgan fingerprint density at radius 3 is 2.65 bits per heavy atom. The summed E-state index contributed by atoms with van der Waals surface area (Å²) in [5.41, 5.74) is 1.16. The van der Waals surface area contributed by atoms with E-state index in [9.17, 15) is 4.79 Å². The molecular formula is C13H17Br2N3O2. The van der Waals surface area contributed by atoms with Crippen molar-refractivity contribution >= 4 is 37.9 Å². The molecule has 5 nitrogen and oxygen atoms in total. The van der Waals surface area contributed by atoms with Crippen LogP contribution in [0.5, 0.6) is 5.75 Å². The zero-order chi connectivity index (χ0) is 14.5. The van der Waals surface area contributed by atoms with Gasteiger partial charge in [0.05, 0.1) is 15.5 Å². The fraction of sp³-hybridized carbons (Fsp3) is 0.462. The zero-order valence-corrected chi connectivity index (χ0v) is 14.4. The van der Waals surface area contributed by atoms with Crippen molar-refractivity contribution in [3.63, 3.8) is 0 Å². The standard InChI is InChI=1S/C13H17Br2N3O2/c1-16-8-9-6-10(14)12(11(15)7-9)20-5-4-18-3-2-17-13(18)19/h6-7,16H,2-5,8H2,1H3,(H,17,19). The van der Waals surface area contributed by atoms with Gasteiger partial charge in [0.15, 0.2) is 0 Å². The SMILES string of the molecule is CNCc1cc(Br)c(OCCN2CCNC2=O)c(Br)c1. The minimum atomic E-state index is -0.0175. The van der Waals surface area contributed by atoms with Crippen LogP contribution in [0.1, 0.15) is 5.56 Å². The third kappa shape index (κ3) is 3.86. The van der Waals surface area contributed by atoms with Crippen LogP contribution in [0.2, 0.25) is 0 Å². The minimum Gasteiger partial charge on any atom is -0.489 e. The molecule has 0 unspecified atom stereocenters. The van der Waals surface area contributed by atoms with E-state index in [4.69, 9.17) is 4.74 Å². The molecule has 0 saturated carbocycles. The van der Waals surface area contributed by atoms with Crippen LogP contribution in [0.4, 0.5) is 4.79 Å². The Morgan fingerprint density at radius 2 is 2.10 bits per heavy atom. The normalized spacial score (nSPS) is 14.6. The molecule has 0 aromatic heterocycles. The van der Waals surface area contributed by atoms with E-state index >= 15 is 0 Å². The van der Waals surface area contributed by atoms with Crippen molar-refractivity contribution in [3.8, 4) is 5.75 Å². The Labute approximate surface area is 135 Å². The number of benzene rings is 1. The summed E-state index contributed by atoms with van der Waals surface area (Å²) in [6, 6.07) is 4.04. The summed E-state index contributed by atoms with van der Waals surface area (Å²) in [4.78, 5) is 13.1. The maximum atomic E-state index is 11.4. The van der Waals surface area contributed by atoms with E-state index in [0.717, 1.165) is 33.3 Å². The van der Waals surface area contributed by atoms with Crippen molar-refractivity contribution < 1.29 is 9.53 Å². The first-order chi connectivity index (χ1) is 9.61. The molecule has 1 heterocycles. The topological polar surface area (TPSA) is 53.6 Å². The number of halogens is 2. The number of hydrogen-bond acceptors (Lipinski definition) is 3. The third-order valence-corrected chi connectivity index (χ3v) is 4.17. The predicted molar refractivity (Wildman–Crippen MR) is 85.1 cm³/mol. The predicted octanol–water partition coefficient (Wildman–Crippen LogP) is 2.33. The highest BCUT2D eigenvalue weighted by molar-refractivity contribution is 9.11. The number of rotatable bonds is 6. The first-order valence-corrected chi connectivity index (χ1v) is 7.98. The van der Waals surface area contributed by atoms with Gasteiger partial charge in [-0.15, -0.1) is 0 Å². The van der Waals surface area contributed by atoms with Gasteiger partial charge in [-0.1, -0.05) is 0 Å². The molecular weight excluding hydrogens is 390 g/mol. The Hall–Kier alpha value is -0.790. The van der Waals surface area contributed by atoms with Crippen molar-refractivity contribution in [3.05, 3.63) is 26.6 Å². The maximum Gasteiger partial charge on any atom is 0.317 e. The molecule has 0 bridgehead atoms. The van der Waals surface area contributed by atoms with E-state index in [1.165, 1.54) is 0 Å². The molecule has 0 spiro atoms. The van der Waals surface area contributed by atoms with Crippen LogP contribution in [0, 0.1) is 0 Å². The molecule has 1 aromatic rings. The molecule has 110 valence electrons. The lowest BCUT2D eigenvalue weighted by molar-refractivity contribution is 0.202. The molecule has 0 atom stereocenters. The number of urea groups is 1. The van der Waals surface area contributed by atoms with Gasteiger partial charge < -0.3 is 20.3 Å². The number of carbonyl (C=O) groups excluding carboxylic acids is 1. The average molecular weight is 407 g/mol. The van der Waals surface area contributed by atoms with Crippen LogP contribution in [0.15, 0.2) is 21.1 Å². The molecule has 20 heavy (non-hydrogen) atoms. The molecule has 0 aliphatic carbocycles. The summed E-state index contributed by atoms with van der Waals surface area (Å²) in [6.45, 7) is 3.31. The number of nitrogens with zero attached hydrogens (tertiary/aromatic N) is 1. The Balaban J connectivity index is 1.93. The Morgan fingerprint density at radius 1 is 1.40 bits per heavy atom. The first-order valence-electron chi connectivity index (χ1n) is 6.40. The highest BCUT2D eigenvalue weighted by Gasteiger charge is 2.19. The number of carbonyl (C=O) groups is 1. The molecule has 2 amide bonds. The highest BCUT2D eigenvalue weighted by atomic mass is 79.9. The van der Waals surface area contributed by atoms with Crippen LogP contribution >= 0.6 is 31.9 Å². The van der Waals surface area contributed by atoms with E-state index in [0.29, 0.717) is 19.7 Å². The van der Waals surface area contributed by atoms with Gasteiger partial charge in [-0.3, -0.25) is 0 Å². The second-order valence-electron chi connectivity index (χ2n) is 4.49. The molecule has 2 rings (SSSR count). The number of nitrogens with one attached hydrogen (secondary N) is 2. The van der Waals surface area contributed by atoms with E-state index in [-0.39, 0.29) is 6.03 Å². The summed E-state index contributed by atoms with van der Waals surface area (Å²) in [6.07, 6.45) is 0. The smallest absolute Gasteiger partial charge is 0.317 e. The van der Waals surface area contributed by atoms with E-state index in [1.54, 1.807) is 4.90 Å². The summed E-state index contributed by atoms with van der Waals surface area (Å²) in [5.74, 6) is 0.768. The van der Waals surface area contributed by atoms with Gasteiger partial charge in [0.25, 0.3) is 0 Å². The van der Waals surface area contributed by atoms with Crippen LogP contribution in [-0.4, -0.2) is 44.2 Å². The van der Waals surface area contributed by atoms with Crippen molar-refractivity contribution in [1.29, 1.82) is 0 Å². The second kappa shape index (κ2) is 7.28. The van der Waals surface area contributed by atoms with Gasteiger partial charge in [-0.25, -0.2) is 4.79 Å². The highest BCUT2D eigenvalue weighted by Crippen LogP contribution is 2.34. The quantitative estimate of drug-likeness (QED) is 0.762. The zero-order valence-electron chi connectivity index (χ0n) is 11.2. The van der Waals surface area contributed by atoms with Gasteiger partial charge in [0, 0.05) is 19.6 Å². The summed E-state index contributed by atoms with van der Waals surface area (Å²) in [5, 5.41) is 5.88. The van der Waals surface area contributed by atoms with Gasteiger partial charge in [-0.2, -0.15) is 0 Å². The Kier molecular flexibility index (Phi) is 5.68. The fourth-order valence-electron chi connectivity index (χ4n) is 2.04. The lowest BCUT2D eigenvalue weighted by atomic mass is 10.2. The molecule has 1 aliphatic rings. The largest absolute Gasteiger partial charge is 0.489 e. The van der Waals surface area contributed by atoms with Gasteiger partial charge in [0.2, 0.25) is 0 Å². The number of amides is 2.